The van der Waals surface area contributed by atoms with E-state index in [1.807, 2.05) is 7.05 Å². The molecule has 0 saturated carbocycles. The van der Waals surface area contributed by atoms with Gasteiger partial charge in [-0.1, -0.05) is 0 Å². The number of nitrogens with zero attached hydrogens (tertiary/aromatic N) is 3. The van der Waals surface area contributed by atoms with E-state index in [4.69, 9.17) is 0 Å². The van der Waals surface area contributed by atoms with Crippen LogP contribution < -0.4 is 10.2 Å². The van der Waals surface area contributed by atoms with Crippen molar-refractivity contribution in [3.63, 3.8) is 0 Å². The fourth-order valence-electron chi connectivity index (χ4n) is 2.67. The predicted molar refractivity (Wildman–Crippen MR) is 76.3 cm³/mol. The molecule has 2 aromatic heterocycles. The molecular weight excluding hydrogens is 244 g/mol. The molecule has 1 N–H and O–H groups in total. The van der Waals surface area contributed by atoms with Crippen molar-refractivity contribution in [3.05, 3.63) is 17.8 Å². The maximum atomic E-state index is 4.48. The Labute approximate surface area is 111 Å². The molecule has 1 fully saturated rings. The van der Waals surface area contributed by atoms with E-state index in [2.05, 4.69) is 31.6 Å². The Balaban J connectivity index is 1.78. The topological polar surface area (TPSA) is 41.0 Å². The zero-order valence-corrected chi connectivity index (χ0v) is 11.4. The molecule has 0 unspecified atom stereocenters. The van der Waals surface area contributed by atoms with Crippen LogP contribution in [0.2, 0.25) is 0 Å². The minimum absolute atomic E-state index is 0.811. The van der Waals surface area contributed by atoms with Crippen molar-refractivity contribution in [3.8, 4) is 0 Å². The number of rotatable bonds is 3. The molecule has 1 saturated heterocycles. The summed E-state index contributed by atoms with van der Waals surface area (Å²) in [5, 5.41) is 6.57. The van der Waals surface area contributed by atoms with Crippen molar-refractivity contribution in [1.29, 1.82) is 0 Å². The van der Waals surface area contributed by atoms with Gasteiger partial charge in [-0.3, -0.25) is 0 Å². The lowest BCUT2D eigenvalue weighted by Crippen LogP contribution is -2.37. The molecule has 3 rings (SSSR count). The van der Waals surface area contributed by atoms with Crippen LogP contribution in [0.15, 0.2) is 17.8 Å². The maximum absolute atomic E-state index is 4.48. The number of hydrogen-bond donors (Lipinski definition) is 1. The molecule has 0 aliphatic carbocycles. The third-order valence-electron chi connectivity index (χ3n) is 3.65. The van der Waals surface area contributed by atoms with Gasteiger partial charge < -0.3 is 10.2 Å². The Kier molecular flexibility index (Phi) is 3.43. The quantitative estimate of drug-likeness (QED) is 0.920. The van der Waals surface area contributed by atoms with Crippen LogP contribution in [-0.4, -0.2) is 36.6 Å². The van der Waals surface area contributed by atoms with Gasteiger partial charge in [0.25, 0.3) is 0 Å². The summed E-state index contributed by atoms with van der Waals surface area (Å²) < 4.78 is 0. The molecule has 1 aliphatic rings. The highest BCUT2D eigenvalue weighted by Crippen LogP contribution is 2.29. The van der Waals surface area contributed by atoms with Crippen LogP contribution >= 0.6 is 11.3 Å². The molecule has 0 bridgehead atoms. The normalized spacial score (nSPS) is 17.5. The monoisotopic (exact) mass is 262 g/mol. The van der Waals surface area contributed by atoms with Crippen molar-refractivity contribution in [2.75, 3.05) is 31.6 Å². The molecule has 0 amide bonds. The number of thiophene rings is 1. The van der Waals surface area contributed by atoms with Crippen molar-refractivity contribution in [2.24, 2.45) is 5.92 Å². The van der Waals surface area contributed by atoms with Gasteiger partial charge in [-0.2, -0.15) is 0 Å². The van der Waals surface area contributed by atoms with Gasteiger partial charge >= 0.3 is 0 Å². The summed E-state index contributed by atoms with van der Waals surface area (Å²) in [6.45, 7) is 3.34. The molecule has 5 heteroatoms. The van der Waals surface area contributed by atoms with Gasteiger partial charge in [0.1, 0.15) is 17.0 Å². The Morgan fingerprint density at radius 2 is 2.22 bits per heavy atom. The molecule has 18 heavy (non-hydrogen) atoms. The van der Waals surface area contributed by atoms with E-state index in [0.29, 0.717) is 0 Å². The summed E-state index contributed by atoms with van der Waals surface area (Å²) >= 11 is 1.69. The van der Waals surface area contributed by atoms with Gasteiger partial charge in [-0.25, -0.2) is 9.97 Å². The van der Waals surface area contributed by atoms with E-state index in [9.17, 15) is 0 Å². The standard InChI is InChI=1S/C13H18N4S/c1-14-8-10-2-5-17(6-3-10)12-11-4-7-18-13(11)16-9-15-12/h4,7,9-10,14H,2-3,5-6,8H2,1H3. The number of nitrogens with one attached hydrogen (secondary N) is 1. The first-order valence-corrected chi connectivity index (χ1v) is 7.34. The molecular formula is C13H18N4S. The lowest BCUT2D eigenvalue weighted by Gasteiger charge is -2.32. The second-order valence-electron chi connectivity index (χ2n) is 4.82. The molecule has 0 aromatic carbocycles. The largest absolute Gasteiger partial charge is 0.356 e. The van der Waals surface area contributed by atoms with Crippen LogP contribution in [0.3, 0.4) is 0 Å². The van der Waals surface area contributed by atoms with Crippen LogP contribution in [-0.2, 0) is 0 Å². The predicted octanol–water partition coefficient (Wildman–Crippen LogP) is 2.13. The van der Waals surface area contributed by atoms with E-state index in [-0.39, 0.29) is 0 Å². The first kappa shape index (κ1) is 11.9. The number of hydrogen-bond acceptors (Lipinski definition) is 5. The maximum Gasteiger partial charge on any atom is 0.140 e. The van der Waals surface area contributed by atoms with E-state index < -0.39 is 0 Å². The van der Waals surface area contributed by atoms with Gasteiger partial charge in [-0.15, -0.1) is 11.3 Å². The fraction of sp³-hybridized carbons (Fsp3) is 0.538. The van der Waals surface area contributed by atoms with Crippen molar-refractivity contribution < 1.29 is 0 Å². The Bertz CT molecular complexity index is 516. The highest BCUT2D eigenvalue weighted by atomic mass is 32.1. The first-order chi connectivity index (χ1) is 8.88. The van der Waals surface area contributed by atoms with Crippen molar-refractivity contribution in [1.82, 2.24) is 15.3 Å². The lowest BCUT2D eigenvalue weighted by molar-refractivity contribution is 0.392. The number of anilines is 1. The van der Waals surface area contributed by atoms with Gasteiger partial charge in [0, 0.05) is 13.1 Å². The second-order valence-corrected chi connectivity index (χ2v) is 5.72. The lowest BCUT2D eigenvalue weighted by atomic mass is 9.97. The highest BCUT2D eigenvalue weighted by molar-refractivity contribution is 7.16. The molecule has 2 aromatic rings. The summed E-state index contributed by atoms with van der Waals surface area (Å²) in [5.74, 6) is 1.93. The number of piperidine rings is 1. The molecule has 0 radical (unpaired) electrons. The van der Waals surface area contributed by atoms with Gasteiger partial charge in [-0.05, 0) is 43.8 Å². The van der Waals surface area contributed by atoms with E-state index in [1.165, 1.54) is 18.2 Å². The zero-order valence-electron chi connectivity index (χ0n) is 10.6. The van der Waals surface area contributed by atoms with E-state index in [1.54, 1.807) is 17.7 Å². The molecule has 0 atom stereocenters. The van der Waals surface area contributed by atoms with Gasteiger partial charge in [0.15, 0.2) is 0 Å². The Morgan fingerprint density at radius 1 is 1.39 bits per heavy atom. The summed E-state index contributed by atoms with van der Waals surface area (Å²) in [6, 6.07) is 2.13. The minimum Gasteiger partial charge on any atom is -0.356 e. The van der Waals surface area contributed by atoms with Gasteiger partial charge in [0.05, 0.1) is 5.39 Å². The third-order valence-corrected chi connectivity index (χ3v) is 4.47. The average molecular weight is 262 g/mol. The molecule has 3 heterocycles. The van der Waals surface area contributed by atoms with Crippen LogP contribution in [0.4, 0.5) is 5.82 Å². The number of aromatic nitrogens is 2. The summed E-state index contributed by atoms with van der Waals surface area (Å²) in [6.07, 6.45) is 4.18. The highest BCUT2D eigenvalue weighted by Gasteiger charge is 2.21. The minimum atomic E-state index is 0.811. The summed E-state index contributed by atoms with van der Waals surface area (Å²) in [4.78, 5) is 12.3. The average Bonchev–Trinajstić information content (AvgIpc) is 2.88. The van der Waals surface area contributed by atoms with Crippen LogP contribution in [0, 0.1) is 5.92 Å². The van der Waals surface area contributed by atoms with Crippen molar-refractivity contribution in [2.45, 2.75) is 12.8 Å². The van der Waals surface area contributed by atoms with Crippen LogP contribution in [0.25, 0.3) is 10.2 Å². The Hall–Kier alpha value is -1.20. The van der Waals surface area contributed by atoms with Crippen LogP contribution in [0.5, 0.6) is 0 Å². The molecule has 96 valence electrons. The van der Waals surface area contributed by atoms with Crippen molar-refractivity contribution >= 4 is 27.4 Å². The third kappa shape index (κ3) is 2.20. The number of fused-ring (bicyclic) bond motifs is 1. The summed E-state index contributed by atoms with van der Waals surface area (Å²) in [7, 11) is 2.03. The van der Waals surface area contributed by atoms with E-state index >= 15 is 0 Å². The fourth-order valence-corrected chi connectivity index (χ4v) is 3.39. The van der Waals surface area contributed by atoms with Crippen LogP contribution in [0.1, 0.15) is 12.8 Å². The SMILES string of the molecule is CNCC1CCN(c2ncnc3sccc23)CC1. The summed E-state index contributed by atoms with van der Waals surface area (Å²) in [5.41, 5.74) is 0. The first-order valence-electron chi connectivity index (χ1n) is 6.46. The Morgan fingerprint density at radius 3 is 3.00 bits per heavy atom. The zero-order chi connectivity index (χ0) is 12.4. The molecule has 4 nitrogen and oxygen atoms in total. The van der Waals surface area contributed by atoms with E-state index in [0.717, 1.165) is 36.2 Å². The molecule has 1 aliphatic heterocycles. The second kappa shape index (κ2) is 5.20. The van der Waals surface area contributed by atoms with Gasteiger partial charge in [0.2, 0.25) is 0 Å². The smallest absolute Gasteiger partial charge is 0.140 e. The molecule has 0 spiro atoms.